The zero-order valence-electron chi connectivity index (χ0n) is 19.5. The highest BCUT2D eigenvalue weighted by Crippen LogP contribution is 2.22. The van der Waals surface area contributed by atoms with E-state index in [2.05, 4.69) is 65.9 Å². The maximum atomic E-state index is 5.75. The number of hydrogen-bond donors (Lipinski definition) is 0. The Morgan fingerprint density at radius 2 is 1.69 bits per heavy atom. The summed E-state index contributed by atoms with van der Waals surface area (Å²) in [6.45, 7) is 14.7. The van der Waals surface area contributed by atoms with Crippen LogP contribution >= 0.6 is 24.8 Å². The van der Waals surface area contributed by atoms with Gasteiger partial charge in [-0.15, -0.1) is 24.8 Å². The molecule has 4 rings (SSSR count). The molecule has 0 amide bonds. The average Bonchev–Trinajstić information content (AvgIpc) is 2.75. The smallest absolute Gasteiger partial charge is 0.225 e. The number of rotatable bonds is 7. The summed E-state index contributed by atoms with van der Waals surface area (Å²) in [5, 5.41) is 0. The highest BCUT2D eigenvalue weighted by Gasteiger charge is 2.22. The van der Waals surface area contributed by atoms with Crippen molar-refractivity contribution < 1.29 is 4.74 Å². The molecular formula is C24H37Cl2N5O. The van der Waals surface area contributed by atoms with Crippen molar-refractivity contribution in [2.24, 2.45) is 0 Å². The van der Waals surface area contributed by atoms with Crippen LogP contribution in [-0.4, -0.2) is 65.1 Å². The molecule has 2 aromatic rings. The van der Waals surface area contributed by atoms with Crippen LogP contribution in [0.2, 0.25) is 0 Å². The van der Waals surface area contributed by atoms with E-state index in [1.807, 2.05) is 0 Å². The Morgan fingerprint density at radius 3 is 2.34 bits per heavy atom. The summed E-state index contributed by atoms with van der Waals surface area (Å²) < 4.78 is 5.75. The van der Waals surface area contributed by atoms with Crippen LogP contribution in [0.25, 0.3) is 0 Å². The quantitative estimate of drug-likeness (QED) is 0.590. The van der Waals surface area contributed by atoms with Crippen LogP contribution in [0.5, 0.6) is 5.75 Å². The Bertz CT molecular complexity index is 826. The van der Waals surface area contributed by atoms with Crippen LogP contribution in [0, 0.1) is 0 Å². The Balaban J connectivity index is 0.00000181. The Morgan fingerprint density at radius 1 is 0.969 bits per heavy atom. The van der Waals surface area contributed by atoms with Gasteiger partial charge in [0.1, 0.15) is 5.75 Å². The van der Waals surface area contributed by atoms with Crippen molar-refractivity contribution in [3.63, 3.8) is 0 Å². The minimum Gasteiger partial charge on any atom is -0.491 e. The van der Waals surface area contributed by atoms with Crippen LogP contribution < -0.4 is 9.64 Å². The largest absolute Gasteiger partial charge is 0.491 e. The molecule has 178 valence electrons. The number of piperazine rings is 1. The van der Waals surface area contributed by atoms with Gasteiger partial charge in [-0.25, -0.2) is 9.97 Å². The molecule has 3 heterocycles. The van der Waals surface area contributed by atoms with Gasteiger partial charge < -0.3 is 9.64 Å². The maximum absolute atomic E-state index is 5.75. The number of aromatic nitrogens is 2. The summed E-state index contributed by atoms with van der Waals surface area (Å²) >= 11 is 0. The van der Waals surface area contributed by atoms with Gasteiger partial charge in [-0.2, -0.15) is 0 Å². The van der Waals surface area contributed by atoms with E-state index in [0.717, 1.165) is 63.9 Å². The zero-order valence-corrected chi connectivity index (χ0v) is 21.1. The van der Waals surface area contributed by atoms with Gasteiger partial charge in [0.25, 0.3) is 0 Å². The summed E-state index contributed by atoms with van der Waals surface area (Å²) in [5.74, 6) is 1.85. The van der Waals surface area contributed by atoms with Gasteiger partial charge in [0, 0.05) is 64.0 Å². The number of hydrogen-bond acceptors (Lipinski definition) is 6. The molecule has 0 aliphatic carbocycles. The molecule has 0 saturated carbocycles. The number of benzene rings is 1. The molecule has 1 aromatic heterocycles. The van der Waals surface area contributed by atoms with Gasteiger partial charge in [-0.3, -0.25) is 9.80 Å². The summed E-state index contributed by atoms with van der Waals surface area (Å²) in [5.41, 5.74) is 3.82. The van der Waals surface area contributed by atoms with Gasteiger partial charge in [-0.05, 0) is 44.5 Å². The van der Waals surface area contributed by atoms with Crippen molar-refractivity contribution in [3.05, 3.63) is 47.3 Å². The number of anilines is 1. The highest BCUT2D eigenvalue weighted by molar-refractivity contribution is 5.85. The summed E-state index contributed by atoms with van der Waals surface area (Å²) in [4.78, 5) is 17.0. The summed E-state index contributed by atoms with van der Waals surface area (Å²) in [6.07, 6.45) is 4.48. The Hall–Kier alpha value is -1.60. The fraction of sp³-hybridized carbons (Fsp3) is 0.583. The normalized spacial score (nSPS) is 16.8. The topological polar surface area (TPSA) is 44.7 Å². The first-order chi connectivity index (χ1) is 14.6. The maximum Gasteiger partial charge on any atom is 0.225 e. The first-order valence-corrected chi connectivity index (χ1v) is 11.4. The minimum absolute atomic E-state index is 0. The van der Waals surface area contributed by atoms with Crippen molar-refractivity contribution in [2.75, 3.05) is 44.2 Å². The zero-order chi connectivity index (χ0) is 20.9. The molecule has 2 aliphatic rings. The number of halogens is 2. The van der Waals surface area contributed by atoms with Gasteiger partial charge in [-0.1, -0.05) is 19.1 Å². The molecule has 0 unspecified atom stereocenters. The Labute approximate surface area is 205 Å². The van der Waals surface area contributed by atoms with Crippen molar-refractivity contribution in [1.29, 1.82) is 0 Å². The molecule has 1 saturated heterocycles. The predicted molar refractivity (Wildman–Crippen MR) is 135 cm³/mol. The van der Waals surface area contributed by atoms with E-state index < -0.39 is 0 Å². The molecule has 0 spiro atoms. The second kappa shape index (κ2) is 12.6. The van der Waals surface area contributed by atoms with Crippen LogP contribution in [0.15, 0.2) is 30.5 Å². The molecule has 1 fully saturated rings. The van der Waals surface area contributed by atoms with Gasteiger partial charge in [0.2, 0.25) is 5.95 Å². The standard InChI is InChI=1S/C24H35N5O.2ClH/c1-4-10-27-12-14-29(15-13-27)24-25-16-21-18-28(11-9-23(21)26-24)17-20-5-7-22(8-6-20)30-19(2)3;;/h5-8,16,19H,4,9-15,17-18H2,1-3H3;2*1H. The van der Waals surface area contributed by atoms with E-state index in [1.165, 1.54) is 29.8 Å². The monoisotopic (exact) mass is 481 g/mol. The van der Waals surface area contributed by atoms with Gasteiger partial charge in [0.05, 0.1) is 11.8 Å². The fourth-order valence-electron chi connectivity index (χ4n) is 4.34. The molecule has 0 radical (unpaired) electrons. The number of nitrogens with zero attached hydrogens (tertiary/aromatic N) is 5. The second-order valence-corrected chi connectivity index (χ2v) is 8.74. The molecule has 0 bridgehead atoms. The Kier molecular flexibility index (Phi) is 10.5. The van der Waals surface area contributed by atoms with E-state index in [9.17, 15) is 0 Å². The SMILES string of the molecule is CCCN1CCN(c2ncc3c(n2)CCN(Cc2ccc(OC(C)C)cc2)C3)CC1.Cl.Cl. The lowest BCUT2D eigenvalue weighted by Crippen LogP contribution is -2.47. The lowest BCUT2D eigenvalue weighted by Gasteiger charge is -2.35. The molecule has 2 aliphatic heterocycles. The van der Waals surface area contributed by atoms with E-state index in [0.29, 0.717) is 0 Å². The van der Waals surface area contributed by atoms with Crippen LogP contribution in [-0.2, 0) is 19.5 Å². The molecule has 0 atom stereocenters. The van der Waals surface area contributed by atoms with E-state index in [4.69, 9.17) is 14.7 Å². The first kappa shape index (κ1) is 26.7. The summed E-state index contributed by atoms with van der Waals surface area (Å²) in [7, 11) is 0. The van der Waals surface area contributed by atoms with Gasteiger partial charge >= 0.3 is 0 Å². The van der Waals surface area contributed by atoms with Crippen LogP contribution in [0.3, 0.4) is 0 Å². The first-order valence-electron chi connectivity index (χ1n) is 11.4. The van der Waals surface area contributed by atoms with Crippen molar-refractivity contribution in [3.8, 4) is 5.75 Å². The molecule has 6 nitrogen and oxygen atoms in total. The molecule has 32 heavy (non-hydrogen) atoms. The van der Waals surface area contributed by atoms with E-state index >= 15 is 0 Å². The van der Waals surface area contributed by atoms with E-state index in [-0.39, 0.29) is 30.9 Å². The van der Waals surface area contributed by atoms with Crippen molar-refractivity contribution >= 4 is 30.8 Å². The average molecular weight is 483 g/mol. The van der Waals surface area contributed by atoms with Gasteiger partial charge in [0.15, 0.2) is 0 Å². The lowest BCUT2D eigenvalue weighted by atomic mass is 10.1. The minimum atomic E-state index is 0. The van der Waals surface area contributed by atoms with Crippen molar-refractivity contribution in [2.45, 2.75) is 52.8 Å². The molecule has 0 N–H and O–H groups in total. The third kappa shape index (κ3) is 6.95. The number of ether oxygens (including phenoxy) is 1. The number of fused-ring (bicyclic) bond motifs is 1. The lowest BCUT2D eigenvalue weighted by molar-refractivity contribution is 0.238. The molecular weight excluding hydrogens is 445 g/mol. The molecule has 1 aromatic carbocycles. The summed E-state index contributed by atoms with van der Waals surface area (Å²) in [6, 6.07) is 8.49. The highest BCUT2D eigenvalue weighted by atomic mass is 35.5. The second-order valence-electron chi connectivity index (χ2n) is 8.74. The molecule has 8 heteroatoms. The third-order valence-electron chi connectivity index (χ3n) is 5.90. The fourth-order valence-corrected chi connectivity index (χ4v) is 4.34. The predicted octanol–water partition coefficient (Wildman–Crippen LogP) is 4.20. The van der Waals surface area contributed by atoms with Crippen LogP contribution in [0.1, 0.15) is 44.0 Å². The van der Waals surface area contributed by atoms with Crippen molar-refractivity contribution in [1.82, 2.24) is 19.8 Å². The van der Waals surface area contributed by atoms with E-state index in [1.54, 1.807) is 0 Å². The third-order valence-corrected chi connectivity index (χ3v) is 5.90. The van der Waals surface area contributed by atoms with Crippen LogP contribution in [0.4, 0.5) is 5.95 Å².